The van der Waals surface area contributed by atoms with Crippen LogP contribution in [0, 0.1) is 5.92 Å². The average Bonchev–Trinajstić information content (AvgIpc) is 3.11. The molecular formula is C12H15NO2. The lowest BCUT2D eigenvalue weighted by atomic mass is 10.0. The molecule has 15 heavy (non-hydrogen) atoms. The lowest BCUT2D eigenvalue weighted by Crippen LogP contribution is -2.17. The highest BCUT2D eigenvalue weighted by Gasteiger charge is 2.30. The average molecular weight is 205 g/mol. The molecule has 0 saturated heterocycles. The Labute approximate surface area is 89.2 Å². The van der Waals surface area contributed by atoms with E-state index in [4.69, 9.17) is 15.2 Å². The van der Waals surface area contributed by atoms with Crippen molar-refractivity contribution in [2.24, 2.45) is 11.7 Å². The quantitative estimate of drug-likeness (QED) is 0.801. The molecule has 0 bridgehead atoms. The monoisotopic (exact) mass is 205 g/mol. The molecule has 1 aromatic carbocycles. The molecule has 1 saturated carbocycles. The van der Waals surface area contributed by atoms with Gasteiger partial charge in [0.2, 0.25) is 0 Å². The fourth-order valence-electron chi connectivity index (χ4n) is 1.99. The van der Waals surface area contributed by atoms with Gasteiger partial charge in [0.15, 0.2) is 11.5 Å². The molecule has 0 spiro atoms. The standard InChI is InChI=1S/C12H15NO2/c13-12(8-1-2-8)9-3-4-10-11(7-9)15-6-5-14-10/h3-4,7-8,12H,1-2,5-6,13H2. The predicted octanol–water partition coefficient (Wildman–Crippen LogP) is 1.87. The van der Waals surface area contributed by atoms with E-state index in [0.717, 1.165) is 11.5 Å². The van der Waals surface area contributed by atoms with Gasteiger partial charge in [-0.3, -0.25) is 0 Å². The van der Waals surface area contributed by atoms with Gasteiger partial charge in [-0.25, -0.2) is 0 Å². The molecule has 2 aliphatic rings. The van der Waals surface area contributed by atoms with Crippen LogP contribution in [-0.2, 0) is 0 Å². The largest absolute Gasteiger partial charge is 0.486 e. The van der Waals surface area contributed by atoms with Gasteiger partial charge < -0.3 is 15.2 Å². The van der Waals surface area contributed by atoms with Gasteiger partial charge in [-0.05, 0) is 36.5 Å². The van der Waals surface area contributed by atoms with E-state index in [-0.39, 0.29) is 6.04 Å². The molecule has 0 amide bonds. The number of hydrogen-bond acceptors (Lipinski definition) is 3. The van der Waals surface area contributed by atoms with Crippen molar-refractivity contribution in [2.45, 2.75) is 18.9 Å². The number of ether oxygens (including phenoxy) is 2. The summed E-state index contributed by atoms with van der Waals surface area (Å²) in [5.74, 6) is 2.36. The number of rotatable bonds is 2. The smallest absolute Gasteiger partial charge is 0.161 e. The number of hydrogen-bond donors (Lipinski definition) is 1. The molecule has 3 nitrogen and oxygen atoms in total. The highest BCUT2D eigenvalue weighted by atomic mass is 16.6. The first kappa shape index (κ1) is 9.04. The number of benzene rings is 1. The second-order valence-corrected chi connectivity index (χ2v) is 4.27. The van der Waals surface area contributed by atoms with E-state index in [0.29, 0.717) is 19.1 Å². The molecule has 1 heterocycles. The van der Waals surface area contributed by atoms with Crippen molar-refractivity contribution in [1.82, 2.24) is 0 Å². The molecule has 1 fully saturated rings. The summed E-state index contributed by atoms with van der Waals surface area (Å²) in [6.45, 7) is 1.27. The summed E-state index contributed by atoms with van der Waals surface area (Å²) >= 11 is 0. The number of nitrogens with two attached hydrogens (primary N) is 1. The zero-order chi connectivity index (χ0) is 10.3. The lowest BCUT2D eigenvalue weighted by molar-refractivity contribution is 0.171. The second-order valence-electron chi connectivity index (χ2n) is 4.27. The SMILES string of the molecule is NC(c1ccc2c(c1)OCCO2)C1CC1. The van der Waals surface area contributed by atoms with Crippen LogP contribution >= 0.6 is 0 Å². The Morgan fingerprint density at radius 3 is 2.60 bits per heavy atom. The molecule has 1 unspecified atom stereocenters. The van der Waals surface area contributed by atoms with E-state index in [1.807, 2.05) is 12.1 Å². The van der Waals surface area contributed by atoms with Crippen LogP contribution in [0.5, 0.6) is 11.5 Å². The Morgan fingerprint density at radius 1 is 1.13 bits per heavy atom. The Bertz CT molecular complexity index is 374. The van der Waals surface area contributed by atoms with Crippen molar-refractivity contribution in [3.8, 4) is 11.5 Å². The van der Waals surface area contributed by atoms with Gasteiger partial charge in [0.1, 0.15) is 13.2 Å². The maximum atomic E-state index is 6.14. The van der Waals surface area contributed by atoms with Gasteiger partial charge >= 0.3 is 0 Å². The van der Waals surface area contributed by atoms with Crippen LogP contribution in [-0.4, -0.2) is 13.2 Å². The minimum atomic E-state index is 0.167. The molecule has 2 N–H and O–H groups in total. The summed E-state index contributed by atoms with van der Waals surface area (Å²) in [7, 11) is 0. The van der Waals surface area contributed by atoms with Crippen LogP contribution in [0.3, 0.4) is 0 Å². The van der Waals surface area contributed by atoms with E-state index in [1.165, 1.54) is 18.4 Å². The maximum Gasteiger partial charge on any atom is 0.161 e. The van der Waals surface area contributed by atoms with Gasteiger partial charge in [-0.2, -0.15) is 0 Å². The molecule has 1 atom stereocenters. The third kappa shape index (κ3) is 1.67. The molecule has 3 heteroatoms. The summed E-state index contributed by atoms with van der Waals surface area (Å²) in [6.07, 6.45) is 2.52. The molecule has 1 aliphatic heterocycles. The molecule has 1 aliphatic carbocycles. The normalized spacial score (nSPS) is 21.1. The van der Waals surface area contributed by atoms with Gasteiger partial charge in [0.25, 0.3) is 0 Å². The van der Waals surface area contributed by atoms with Crippen LogP contribution in [0.25, 0.3) is 0 Å². The van der Waals surface area contributed by atoms with Gasteiger partial charge in [0.05, 0.1) is 0 Å². The van der Waals surface area contributed by atoms with Crippen LogP contribution in [0.2, 0.25) is 0 Å². The Balaban J connectivity index is 1.89. The van der Waals surface area contributed by atoms with Crippen molar-refractivity contribution in [3.05, 3.63) is 23.8 Å². The molecule has 3 rings (SSSR count). The highest BCUT2D eigenvalue weighted by Crippen LogP contribution is 2.41. The maximum absolute atomic E-state index is 6.14. The van der Waals surface area contributed by atoms with Crippen LogP contribution in [0.4, 0.5) is 0 Å². The summed E-state index contributed by atoms with van der Waals surface area (Å²) in [6, 6.07) is 6.21. The Kier molecular flexibility index (Phi) is 2.06. The van der Waals surface area contributed by atoms with Crippen LogP contribution in [0.15, 0.2) is 18.2 Å². The van der Waals surface area contributed by atoms with E-state index in [2.05, 4.69) is 6.07 Å². The molecule has 1 aromatic rings. The van der Waals surface area contributed by atoms with Gasteiger partial charge in [-0.1, -0.05) is 6.07 Å². The zero-order valence-corrected chi connectivity index (χ0v) is 8.61. The fourth-order valence-corrected chi connectivity index (χ4v) is 1.99. The zero-order valence-electron chi connectivity index (χ0n) is 8.61. The van der Waals surface area contributed by atoms with Crippen molar-refractivity contribution >= 4 is 0 Å². The topological polar surface area (TPSA) is 44.5 Å². The van der Waals surface area contributed by atoms with Crippen molar-refractivity contribution in [1.29, 1.82) is 0 Å². The molecule has 80 valence electrons. The summed E-state index contributed by atoms with van der Waals surface area (Å²) < 4.78 is 11.0. The van der Waals surface area contributed by atoms with E-state index in [9.17, 15) is 0 Å². The summed E-state index contributed by atoms with van der Waals surface area (Å²) in [4.78, 5) is 0. The van der Waals surface area contributed by atoms with Crippen molar-refractivity contribution in [3.63, 3.8) is 0 Å². The highest BCUT2D eigenvalue weighted by molar-refractivity contribution is 5.44. The van der Waals surface area contributed by atoms with Gasteiger partial charge in [0, 0.05) is 6.04 Å². The first-order valence-corrected chi connectivity index (χ1v) is 5.50. The third-order valence-corrected chi connectivity index (χ3v) is 3.08. The lowest BCUT2D eigenvalue weighted by Gasteiger charge is -2.20. The first-order chi connectivity index (χ1) is 7.34. The Hall–Kier alpha value is -1.22. The number of fused-ring (bicyclic) bond motifs is 1. The van der Waals surface area contributed by atoms with E-state index in [1.54, 1.807) is 0 Å². The first-order valence-electron chi connectivity index (χ1n) is 5.50. The van der Waals surface area contributed by atoms with E-state index < -0.39 is 0 Å². The summed E-state index contributed by atoms with van der Waals surface area (Å²) in [5.41, 5.74) is 7.31. The molecule has 0 aromatic heterocycles. The third-order valence-electron chi connectivity index (χ3n) is 3.08. The fraction of sp³-hybridized carbons (Fsp3) is 0.500. The van der Waals surface area contributed by atoms with E-state index >= 15 is 0 Å². The molecule has 0 radical (unpaired) electrons. The Morgan fingerprint density at radius 2 is 1.87 bits per heavy atom. The van der Waals surface area contributed by atoms with Gasteiger partial charge in [-0.15, -0.1) is 0 Å². The van der Waals surface area contributed by atoms with Crippen LogP contribution in [0.1, 0.15) is 24.4 Å². The van der Waals surface area contributed by atoms with Crippen LogP contribution < -0.4 is 15.2 Å². The minimum absolute atomic E-state index is 0.167. The summed E-state index contributed by atoms with van der Waals surface area (Å²) in [5, 5.41) is 0. The van der Waals surface area contributed by atoms with Crippen molar-refractivity contribution < 1.29 is 9.47 Å². The predicted molar refractivity (Wildman–Crippen MR) is 57.1 cm³/mol. The minimum Gasteiger partial charge on any atom is -0.486 e. The van der Waals surface area contributed by atoms with Crippen molar-refractivity contribution in [2.75, 3.05) is 13.2 Å². The molecular weight excluding hydrogens is 190 g/mol. The second kappa shape index (κ2) is 3.42.